The highest BCUT2D eigenvalue weighted by Gasteiger charge is 2.63. The molecule has 0 atom stereocenters. The Morgan fingerprint density at radius 1 is 1.26 bits per heavy atom. The molecule has 0 aromatic rings. The topological polar surface area (TPSA) is 70.6 Å². The summed E-state index contributed by atoms with van der Waals surface area (Å²) in [5.74, 6) is 1.08. The molecule has 4 nitrogen and oxygen atoms in total. The zero-order valence-corrected chi connectivity index (χ0v) is 13.4. The Hall–Kier alpha value is -0.770. The van der Waals surface area contributed by atoms with Crippen molar-refractivity contribution in [2.45, 2.75) is 54.4 Å². The Morgan fingerprint density at radius 3 is 2.21 bits per heavy atom. The van der Waals surface area contributed by atoms with E-state index in [2.05, 4.69) is 38.2 Å². The van der Waals surface area contributed by atoms with Crippen molar-refractivity contribution in [1.29, 1.82) is 0 Å². The molecular weight excluding hydrogens is 238 g/mol. The first-order valence-corrected chi connectivity index (χ1v) is 7.26. The smallest absolute Gasteiger partial charge is 0.144 e. The fourth-order valence-electron chi connectivity index (χ4n) is 3.01. The molecule has 0 radical (unpaired) electrons. The van der Waals surface area contributed by atoms with Crippen LogP contribution in [0.3, 0.4) is 0 Å². The zero-order chi connectivity index (χ0) is 14.9. The fourth-order valence-corrected chi connectivity index (χ4v) is 3.01. The van der Waals surface area contributed by atoms with E-state index in [0.717, 1.165) is 31.8 Å². The summed E-state index contributed by atoms with van der Waals surface area (Å²) in [5, 5.41) is 15.4. The summed E-state index contributed by atoms with van der Waals surface area (Å²) in [6, 6.07) is 0. The van der Waals surface area contributed by atoms with Crippen molar-refractivity contribution in [2.24, 2.45) is 33.1 Å². The lowest BCUT2D eigenvalue weighted by Gasteiger charge is -2.22. The molecule has 0 amide bonds. The van der Waals surface area contributed by atoms with Gasteiger partial charge < -0.3 is 16.3 Å². The Labute approximate surface area is 117 Å². The minimum absolute atomic E-state index is 0.228. The van der Waals surface area contributed by atoms with Crippen LogP contribution in [-0.2, 0) is 0 Å². The molecule has 1 rings (SSSR count). The van der Waals surface area contributed by atoms with Gasteiger partial charge in [-0.05, 0) is 42.7 Å². The highest BCUT2D eigenvalue weighted by Crippen LogP contribution is 2.67. The van der Waals surface area contributed by atoms with Gasteiger partial charge in [0, 0.05) is 5.41 Å². The molecule has 0 heterocycles. The molecule has 19 heavy (non-hydrogen) atoms. The minimum Gasteiger partial charge on any atom is -0.409 e. The van der Waals surface area contributed by atoms with Crippen molar-refractivity contribution in [1.82, 2.24) is 5.32 Å². The third kappa shape index (κ3) is 3.22. The number of hydrogen-bond acceptors (Lipinski definition) is 3. The summed E-state index contributed by atoms with van der Waals surface area (Å²) >= 11 is 0. The fraction of sp³-hybridized carbons (Fsp3) is 0.933. The van der Waals surface area contributed by atoms with Crippen molar-refractivity contribution in [3.8, 4) is 0 Å². The van der Waals surface area contributed by atoms with Crippen molar-refractivity contribution < 1.29 is 5.21 Å². The zero-order valence-electron chi connectivity index (χ0n) is 13.4. The maximum Gasteiger partial charge on any atom is 0.144 e. The monoisotopic (exact) mass is 269 g/mol. The van der Waals surface area contributed by atoms with E-state index in [1.54, 1.807) is 0 Å². The predicted octanol–water partition coefficient (Wildman–Crippen LogP) is 2.81. The van der Waals surface area contributed by atoms with Gasteiger partial charge in [-0.25, -0.2) is 0 Å². The average Bonchev–Trinajstić information content (AvgIpc) is 2.69. The van der Waals surface area contributed by atoms with E-state index in [9.17, 15) is 0 Å². The van der Waals surface area contributed by atoms with Crippen LogP contribution in [0.5, 0.6) is 0 Å². The number of oxime groups is 1. The molecule has 1 aliphatic carbocycles. The second-order valence-electron chi connectivity index (χ2n) is 7.67. The number of rotatable bonds is 7. The van der Waals surface area contributed by atoms with Gasteiger partial charge in [0.1, 0.15) is 5.84 Å². The van der Waals surface area contributed by atoms with Crippen LogP contribution in [0.15, 0.2) is 5.16 Å². The maximum absolute atomic E-state index is 8.72. The van der Waals surface area contributed by atoms with Crippen LogP contribution in [0.25, 0.3) is 0 Å². The summed E-state index contributed by atoms with van der Waals surface area (Å²) in [6.45, 7) is 15.5. The molecular formula is C15H31N3O. The average molecular weight is 269 g/mol. The Balaban J connectivity index is 2.20. The van der Waals surface area contributed by atoms with E-state index in [0.29, 0.717) is 16.7 Å². The van der Waals surface area contributed by atoms with E-state index in [4.69, 9.17) is 10.9 Å². The standard InChI is InChI=1S/C15H31N3O/c1-13(2,12(16)18-19)8-7-9-17-10-11-14(3,4)15(11,5)6/h11,17,19H,7-10H2,1-6H3,(H2,16,18). The highest BCUT2D eigenvalue weighted by atomic mass is 16.4. The molecule has 0 spiro atoms. The van der Waals surface area contributed by atoms with Gasteiger partial charge in [0.15, 0.2) is 0 Å². The van der Waals surface area contributed by atoms with Gasteiger partial charge in [-0.3, -0.25) is 0 Å². The van der Waals surface area contributed by atoms with E-state index < -0.39 is 0 Å². The number of nitrogens with one attached hydrogen (secondary N) is 1. The summed E-state index contributed by atoms with van der Waals surface area (Å²) in [4.78, 5) is 0. The van der Waals surface area contributed by atoms with Crippen LogP contribution in [0.1, 0.15) is 54.4 Å². The lowest BCUT2D eigenvalue weighted by Crippen LogP contribution is -2.33. The molecule has 4 N–H and O–H groups in total. The number of hydrogen-bond donors (Lipinski definition) is 3. The Morgan fingerprint density at radius 2 is 1.79 bits per heavy atom. The molecule has 1 aliphatic rings. The first-order chi connectivity index (χ1) is 8.57. The number of amidine groups is 1. The van der Waals surface area contributed by atoms with E-state index in [-0.39, 0.29) is 5.41 Å². The molecule has 0 bridgehead atoms. The predicted molar refractivity (Wildman–Crippen MR) is 80.3 cm³/mol. The highest BCUT2D eigenvalue weighted by molar-refractivity contribution is 5.85. The quantitative estimate of drug-likeness (QED) is 0.219. The summed E-state index contributed by atoms with van der Waals surface area (Å²) in [7, 11) is 0. The first-order valence-electron chi connectivity index (χ1n) is 7.26. The Kier molecular flexibility index (Phi) is 4.55. The maximum atomic E-state index is 8.72. The van der Waals surface area contributed by atoms with Gasteiger partial charge in [0.05, 0.1) is 0 Å². The largest absolute Gasteiger partial charge is 0.409 e. The second-order valence-corrected chi connectivity index (χ2v) is 7.67. The van der Waals surface area contributed by atoms with Gasteiger partial charge in [-0.15, -0.1) is 0 Å². The molecule has 1 fully saturated rings. The summed E-state index contributed by atoms with van der Waals surface area (Å²) < 4.78 is 0. The number of nitrogens with two attached hydrogens (primary N) is 1. The van der Waals surface area contributed by atoms with Gasteiger partial charge in [0.25, 0.3) is 0 Å². The van der Waals surface area contributed by atoms with Gasteiger partial charge in [-0.2, -0.15) is 0 Å². The Bertz CT molecular complexity index is 331. The molecule has 0 saturated heterocycles. The van der Waals surface area contributed by atoms with Crippen LogP contribution in [0.4, 0.5) is 0 Å². The molecule has 112 valence electrons. The van der Waals surface area contributed by atoms with Crippen LogP contribution in [-0.4, -0.2) is 24.1 Å². The van der Waals surface area contributed by atoms with E-state index in [1.165, 1.54) is 0 Å². The lowest BCUT2D eigenvalue weighted by atomic mass is 9.86. The second kappa shape index (κ2) is 5.31. The van der Waals surface area contributed by atoms with Gasteiger partial charge >= 0.3 is 0 Å². The molecule has 0 unspecified atom stereocenters. The van der Waals surface area contributed by atoms with Crippen molar-refractivity contribution in [3.05, 3.63) is 0 Å². The van der Waals surface area contributed by atoms with Gasteiger partial charge in [0.2, 0.25) is 0 Å². The van der Waals surface area contributed by atoms with Crippen LogP contribution < -0.4 is 11.1 Å². The molecule has 1 saturated carbocycles. The number of nitrogens with zero attached hydrogens (tertiary/aromatic N) is 1. The lowest BCUT2D eigenvalue weighted by molar-refractivity contribution is 0.304. The third-order valence-corrected chi connectivity index (χ3v) is 5.62. The molecule has 0 aromatic heterocycles. The van der Waals surface area contributed by atoms with Crippen molar-refractivity contribution in [2.75, 3.05) is 13.1 Å². The minimum atomic E-state index is -0.228. The van der Waals surface area contributed by atoms with Crippen LogP contribution >= 0.6 is 0 Å². The van der Waals surface area contributed by atoms with Crippen LogP contribution in [0, 0.1) is 22.2 Å². The summed E-state index contributed by atoms with van der Waals surface area (Å²) in [5.41, 5.74) is 6.35. The SMILES string of the molecule is CC(C)(CCCNCC1C(C)(C)C1(C)C)C(N)=NO. The normalized spacial score (nSPS) is 22.5. The molecule has 0 aliphatic heterocycles. The van der Waals surface area contributed by atoms with Gasteiger partial charge in [-0.1, -0.05) is 46.7 Å². The van der Waals surface area contributed by atoms with E-state index in [1.807, 2.05) is 13.8 Å². The van der Waals surface area contributed by atoms with Crippen molar-refractivity contribution >= 4 is 5.84 Å². The van der Waals surface area contributed by atoms with Crippen LogP contribution in [0.2, 0.25) is 0 Å². The molecule has 0 aromatic carbocycles. The summed E-state index contributed by atoms with van der Waals surface area (Å²) in [6.07, 6.45) is 1.96. The first kappa shape index (κ1) is 16.3. The molecule has 4 heteroatoms. The third-order valence-electron chi connectivity index (χ3n) is 5.62. The van der Waals surface area contributed by atoms with Crippen molar-refractivity contribution in [3.63, 3.8) is 0 Å². The van der Waals surface area contributed by atoms with E-state index >= 15 is 0 Å².